The average Bonchev–Trinajstić information content (AvgIpc) is 2.19. The standard InChI is InChI=1S/C10H20ClNO2/c1-9(7-13-2)12-10(8-11)3-5-14-6-4-10/h9,12H,3-8H2,1-2H3. The van der Waals surface area contributed by atoms with Gasteiger partial charge in [-0.1, -0.05) is 0 Å². The van der Waals surface area contributed by atoms with Gasteiger partial charge in [0, 0.05) is 37.8 Å². The molecule has 3 nitrogen and oxygen atoms in total. The van der Waals surface area contributed by atoms with Crippen LogP contribution in [0.4, 0.5) is 0 Å². The molecule has 0 spiro atoms. The van der Waals surface area contributed by atoms with Crippen molar-refractivity contribution in [2.45, 2.75) is 31.3 Å². The molecule has 1 atom stereocenters. The Bertz CT molecular complexity index is 160. The first-order valence-corrected chi connectivity index (χ1v) is 5.66. The fourth-order valence-electron chi connectivity index (χ4n) is 1.89. The molecular formula is C10H20ClNO2. The van der Waals surface area contributed by atoms with Crippen LogP contribution in [0.15, 0.2) is 0 Å². The number of nitrogens with one attached hydrogen (secondary N) is 1. The quantitative estimate of drug-likeness (QED) is 0.712. The van der Waals surface area contributed by atoms with Crippen LogP contribution in [0.5, 0.6) is 0 Å². The SMILES string of the molecule is COCC(C)NC1(CCl)CCOCC1. The highest BCUT2D eigenvalue weighted by atomic mass is 35.5. The van der Waals surface area contributed by atoms with E-state index in [-0.39, 0.29) is 5.54 Å². The molecule has 0 bridgehead atoms. The Labute approximate surface area is 91.1 Å². The topological polar surface area (TPSA) is 30.5 Å². The second-order valence-corrected chi connectivity index (χ2v) is 4.29. The summed E-state index contributed by atoms with van der Waals surface area (Å²) < 4.78 is 10.4. The number of hydrogen-bond acceptors (Lipinski definition) is 3. The fourth-order valence-corrected chi connectivity index (χ4v) is 2.24. The Kier molecular flexibility index (Phi) is 5.17. The smallest absolute Gasteiger partial charge is 0.0613 e. The first-order chi connectivity index (χ1) is 6.72. The van der Waals surface area contributed by atoms with Crippen molar-refractivity contribution in [1.82, 2.24) is 5.32 Å². The van der Waals surface area contributed by atoms with Gasteiger partial charge in [-0.2, -0.15) is 0 Å². The van der Waals surface area contributed by atoms with Crippen LogP contribution in [0.1, 0.15) is 19.8 Å². The van der Waals surface area contributed by atoms with E-state index in [0.717, 1.165) is 32.7 Å². The summed E-state index contributed by atoms with van der Waals surface area (Å²) in [6.07, 6.45) is 1.98. The van der Waals surface area contributed by atoms with E-state index in [1.807, 2.05) is 0 Å². The predicted molar refractivity (Wildman–Crippen MR) is 58.0 cm³/mol. The highest BCUT2D eigenvalue weighted by Gasteiger charge is 2.32. The van der Waals surface area contributed by atoms with Crippen molar-refractivity contribution in [3.05, 3.63) is 0 Å². The van der Waals surface area contributed by atoms with Crippen LogP contribution in [0.2, 0.25) is 0 Å². The van der Waals surface area contributed by atoms with Crippen LogP contribution in [-0.2, 0) is 9.47 Å². The van der Waals surface area contributed by atoms with E-state index in [4.69, 9.17) is 21.1 Å². The van der Waals surface area contributed by atoms with Crippen LogP contribution in [0.3, 0.4) is 0 Å². The van der Waals surface area contributed by atoms with E-state index >= 15 is 0 Å². The molecular weight excluding hydrogens is 202 g/mol. The second kappa shape index (κ2) is 5.91. The molecule has 1 N–H and O–H groups in total. The number of hydrogen-bond donors (Lipinski definition) is 1. The van der Waals surface area contributed by atoms with Crippen LogP contribution < -0.4 is 5.32 Å². The van der Waals surface area contributed by atoms with Gasteiger partial charge < -0.3 is 14.8 Å². The maximum Gasteiger partial charge on any atom is 0.0613 e. The Morgan fingerprint density at radius 1 is 1.50 bits per heavy atom. The summed E-state index contributed by atoms with van der Waals surface area (Å²) in [6.45, 7) is 4.45. The number of rotatable bonds is 5. The summed E-state index contributed by atoms with van der Waals surface area (Å²) in [6, 6.07) is 0.344. The minimum absolute atomic E-state index is 0.0533. The van der Waals surface area contributed by atoms with Crippen LogP contribution >= 0.6 is 11.6 Å². The first-order valence-electron chi connectivity index (χ1n) is 5.13. The molecule has 0 aromatic carbocycles. The molecule has 84 valence electrons. The van der Waals surface area contributed by atoms with Gasteiger partial charge in [-0.3, -0.25) is 0 Å². The van der Waals surface area contributed by atoms with Gasteiger partial charge in [0.25, 0.3) is 0 Å². The molecule has 1 heterocycles. The van der Waals surface area contributed by atoms with E-state index in [1.165, 1.54) is 0 Å². The zero-order valence-electron chi connectivity index (χ0n) is 9.01. The number of ether oxygens (including phenoxy) is 2. The van der Waals surface area contributed by atoms with Crippen LogP contribution in [0.25, 0.3) is 0 Å². The lowest BCUT2D eigenvalue weighted by Crippen LogP contribution is -2.55. The normalized spacial score (nSPS) is 23.4. The fraction of sp³-hybridized carbons (Fsp3) is 1.00. The highest BCUT2D eigenvalue weighted by Crippen LogP contribution is 2.22. The minimum Gasteiger partial charge on any atom is -0.383 e. The molecule has 4 heteroatoms. The molecule has 1 unspecified atom stereocenters. The zero-order chi connectivity index (χ0) is 10.4. The lowest BCUT2D eigenvalue weighted by Gasteiger charge is -2.38. The third-order valence-corrected chi connectivity index (χ3v) is 3.19. The molecule has 0 aromatic heterocycles. The van der Waals surface area contributed by atoms with Gasteiger partial charge in [-0.25, -0.2) is 0 Å². The van der Waals surface area contributed by atoms with Gasteiger partial charge in [0.15, 0.2) is 0 Å². The lowest BCUT2D eigenvalue weighted by atomic mass is 9.91. The molecule has 0 aromatic rings. The zero-order valence-corrected chi connectivity index (χ0v) is 9.77. The van der Waals surface area contributed by atoms with Gasteiger partial charge in [-0.05, 0) is 19.8 Å². The molecule has 1 fully saturated rings. The molecule has 1 saturated heterocycles. The number of methoxy groups -OCH3 is 1. The van der Waals surface area contributed by atoms with Crippen molar-refractivity contribution in [2.75, 3.05) is 32.8 Å². The molecule has 0 amide bonds. The Hall–Kier alpha value is 0.170. The van der Waals surface area contributed by atoms with E-state index in [0.29, 0.717) is 11.9 Å². The van der Waals surface area contributed by atoms with Crippen molar-refractivity contribution in [3.8, 4) is 0 Å². The third-order valence-electron chi connectivity index (χ3n) is 2.67. The highest BCUT2D eigenvalue weighted by molar-refractivity contribution is 6.18. The third kappa shape index (κ3) is 3.39. The summed E-state index contributed by atoms with van der Waals surface area (Å²) in [5.74, 6) is 0.643. The van der Waals surface area contributed by atoms with Crippen molar-refractivity contribution in [3.63, 3.8) is 0 Å². The summed E-state index contributed by atoms with van der Waals surface area (Å²) in [4.78, 5) is 0. The number of halogens is 1. The molecule has 1 rings (SSSR count). The minimum atomic E-state index is 0.0533. The lowest BCUT2D eigenvalue weighted by molar-refractivity contribution is 0.0369. The van der Waals surface area contributed by atoms with Gasteiger partial charge in [-0.15, -0.1) is 11.6 Å². The first kappa shape index (κ1) is 12.2. The summed E-state index contributed by atoms with van der Waals surface area (Å²) in [5.41, 5.74) is 0.0533. The Morgan fingerprint density at radius 2 is 2.14 bits per heavy atom. The molecule has 1 aliphatic heterocycles. The molecule has 1 aliphatic rings. The molecule has 0 aliphatic carbocycles. The van der Waals surface area contributed by atoms with E-state index in [1.54, 1.807) is 7.11 Å². The molecule has 0 radical (unpaired) electrons. The average molecular weight is 222 g/mol. The van der Waals surface area contributed by atoms with E-state index in [2.05, 4.69) is 12.2 Å². The largest absolute Gasteiger partial charge is 0.383 e. The van der Waals surface area contributed by atoms with Gasteiger partial charge in [0.1, 0.15) is 0 Å². The summed E-state index contributed by atoms with van der Waals surface area (Å²) in [5, 5.41) is 3.55. The predicted octanol–water partition coefficient (Wildman–Crippen LogP) is 1.40. The molecule has 0 saturated carbocycles. The maximum atomic E-state index is 6.02. The number of alkyl halides is 1. The molecule has 14 heavy (non-hydrogen) atoms. The van der Waals surface area contributed by atoms with Gasteiger partial charge in [0.05, 0.1) is 6.61 Å². The summed E-state index contributed by atoms with van der Waals surface area (Å²) >= 11 is 6.02. The second-order valence-electron chi connectivity index (χ2n) is 4.03. The van der Waals surface area contributed by atoms with Crippen molar-refractivity contribution in [1.29, 1.82) is 0 Å². The van der Waals surface area contributed by atoms with E-state index < -0.39 is 0 Å². The summed E-state index contributed by atoms with van der Waals surface area (Å²) in [7, 11) is 1.72. The van der Waals surface area contributed by atoms with Crippen molar-refractivity contribution in [2.24, 2.45) is 0 Å². The van der Waals surface area contributed by atoms with Crippen molar-refractivity contribution < 1.29 is 9.47 Å². The monoisotopic (exact) mass is 221 g/mol. The van der Waals surface area contributed by atoms with Gasteiger partial charge in [0.2, 0.25) is 0 Å². The van der Waals surface area contributed by atoms with Crippen LogP contribution in [0, 0.1) is 0 Å². The van der Waals surface area contributed by atoms with Gasteiger partial charge >= 0.3 is 0 Å². The Balaban J connectivity index is 2.42. The Morgan fingerprint density at radius 3 is 2.64 bits per heavy atom. The van der Waals surface area contributed by atoms with E-state index in [9.17, 15) is 0 Å². The maximum absolute atomic E-state index is 6.02. The van der Waals surface area contributed by atoms with Crippen LogP contribution in [-0.4, -0.2) is 44.4 Å². The van der Waals surface area contributed by atoms with Crippen molar-refractivity contribution >= 4 is 11.6 Å².